The van der Waals surface area contributed by atoms with Gasteiger partial charge in [-0.1, -0.05) is 0 Å². The molecule has 0 spiro atoms. The minimum atomic E-state index is -4.62. The van der Waals surface area contributed by atoms with Gasteiger partial charge in [0.2, 0.25) is 0 Å². The number of nitrogens with zero attached hydrogens (tertiary/aromatic N) is 5. The second-order valence-electron chi connectivity index (χ2n) is 6.25. The van der Waals surface area contributed by atoms with Crippen molar-refractivity contribution in [2.24, 2.45) is 0 Å². The standard InChI is InChI=1S/C19H10F6N6/c20-18(21,22)11-2-1-8-26-16(11)13-4-3-10-12(7-9-27-17(10)29-13)28-15-6-5-14(30-31-15)19(23,24)25/h1-9H,(H,27,28,29,31). The van der Waals surface area contributed by atoms with Crippen LogP contribution >= 0.6 is 0 Å². The molecule has 0 radical (unpaired) electrons. The van der Waals surface area contributed by atoms with Crippen molar-refractivity contribution in [2.75, 3.05) is 5.32 Å². The maximum atomic E-state index is 13.3. The zero-order chi connectivity index (χ0) is 22.2. The Morgan fingerprint density at radius 2 is 1.55 bits per heavy atom. The van der Waals surface area contributed by atoms with E-state index in [4.69, 9.17) is 0 Å². The Kier molecular flexibility index (Phi) is 4.91. The van der Waals surface area contributed by atoms with Gasteiger partial charge < -0.3 is 5.32 Å². The lowest BCUT2D eigenvalue weighted by atomic mass is 10.1. The van der Waals surface area contributed by atoms with E-state index in [2.05, 4.69) is 30.5 Å². The Labute approximate surface area is 170 Å². The zero-order valence-corrected chi connectivity index (χ0v) is 15.2. The van der Waals surface area contributed by atoms with Gasteiger partial charge in [0.1, 0.15) is 5.69 Å². The highest BCUT2D eigenvalue weighted by molar-refractivity contribution is 5.91. The van der Waals surface area contributed by atoms with Gasteiger partial charge in [-0.05, 0) is 42.5 Å². The van der Waals surface area contributed by atoms with E-state index in [9.17, 15) is 26.3 Å². The Bertz CT molecular complexity index is 1240. The fourth-order valence-corrected chi connectivity index (χ4v) is 2.80. The predicted octanol–water partition coefficient (Wildman–Crippen LogP) is 5.26. The van der Waals surface area contributed by atoms with E-state index in [1.807, 2.05) is 0 Å². The van der Waals surface area contributed by atoms with Crippen LogP contribution in [0.4, 0.5) is 37.8 Å². The van der Waals surface area contributed by atoms with Crippen LogP contribution in [0, 0.1) is 0 Å². The quantitative estimate of drug-likeness (QED) is 0.442. The van der Waals surface area contributed by atoms with Gasteiger partial charge in [-0.15, -0.1) is 10.2 Å². The van der Waals surface area contributed by atoms with E-state index in [0.29, 0.717) is 11.1 Å². The normalized spacial score (nSPS) is 12.2. The summed E-state index contributed by atoms with van der Waals surface area (Å²) in [5.41, 5.74) is -1.95. The van der Waals surface area contributed by atoms with Gasteiger partial charge in [-0.2, -0.15) is 26.3 Å². The van der Waals surface area contributed by atoms with Crippen LogP contribution in [0.1, 0.15) is 11.3 Å². The third kappa shape index (κ3) is 4.22. The number of anilines is 2. The van der Waals surface area contributed by atoms with Crippen LogP contribution in [0.3, 0.4) is 0 Å². The first-order valence-corrected chi connectivity index (χ1v) is 8.59. The van der Waals surface area contributed by atoms with Crippen LogP contribution in [-0.4, -0.2) is 25.1 Å². The van der Waals surface area contributed by atoms with E-state index < -0.39 is 23.6 Å². The number of aromatic nitrogens is 5. The number of fused-ring (bicyclic) bond motifs is 1. The molecule has 0 atom stereocenters. The van der Waals surface area contributed by atoms with Gasteiger partial charge in [-0.3, -0.25) is 4.98 Å². The number of nitrogens with one attached hydrogen (secondary N) is 1. The summed E-state index contributed by atoms with van der Waals surface area (Å²) >= 11 is 0. The van der Waals surface area contributed by atoms with Crippen molar-refractivity contribution < 1.29 is 26.3 Å². The van der Waals surface area contributed by atoms with Crippen molar-refractivity contribution in [3.63, 3.8) is 0 Å². The van der Waals surface area contributed by atoms with Crippen molar-refractivity contribution >= 4 is 22.5 Å². The SMILES string of the molecule is FC(F)(F)c1ccc(Nc2ccnc3nc(-c4ncccc4C(F)(F)F)ccc23)nn1. The zero-order valence-electron chi connectivity index (χ0n) is 15.2. The molecule has 0 bridgehead atoms. The Hall–Kier alpha value is -3.83. The third-order valence-corrected chi connectivity index (χ3v) is 4.18. The molecule has 0 aromatic carbocycles. The molecule has 6 nitrogen and oxygen atoms in total. The first-order chi connectivity index (χ1) is 14.6. The highest BCUT2D eigenvalue weighted by Crippen LogP contribution is 2.36. The molecule has 31 heavy (non-hydrogen) atoms. The van der Waals surface area contributed by atoms with Crippen LogP contribution in [0.25, 0.3) is 22.4 Å². The maximum absolute atomic E-state index is 13.3. The number of hydrogen-bond donors (Lipinski definition) is 1. The van der Waals surface area contributed by atoms with E-state index >= 15 is 0 Å². The monoisotopic (exact) mass is 436 g/mol. The number of hydrogen-bond acceptors (Lipinski definition) is 6. The van der Waals surface area contributed by atoms with E-state index in [-0.39, 0.29) is 22.9 Å². The molecule has 12 heteroatoms. The first kappa shape index (κ1) is 20.4. The lowest BCUT2D eigenvalue weighted by Crippen LogP contribution is -2.09. The maximum Gasteiger partial charge on any atom is 0.435 e. The number of rotatable bonds is 3. The fraction of sp³-hybridized carbons (Fsp3) is 0.105. The Morgan fingerprint density at radius 1 is 0.742 bits per heavy atom. The molecule has 0 saturated heterocycles. The van der Waals surface area contributed by atoms with Crippen molar-refractivity contribution in [1.29, 1.82) is 0 Å². The summed E-state index contributed by atoms with van der Waals surface area (Å²) in [6, 6.07) is 8.32. The van der Waals surface area contributed by atoms with E-state index in [0.717, 1.165) is 18.2 Å². The Balaban J connectivity index is 1.70. The lowest BCUT2D eigenvalue weighted by Gasteiger charge is -2.12. The van der Waals surface area contributed by atoms with E-state index in [1.165, 1.54) is 36.7 Å². The van der Waals surface area contributed by atoms with Gasteiger partial charge in [0.25, 0.3) is 0 Å². The van der Waals surface area contributed by atoms with Crippen LogP contribution in [0.5, 0.6) is 0 Å². The molecule has 0 amide bonds. The van der Waals surface area contributed by atoms with E-state index in [1.54, 1.807) is 0 Å². The molecule has 4 aromatic rings. The van der Waals surface area contributed by atoms with Crippen molar-refractivity contribution in [1.82, 2.24) is 25.1 Å². The molecule has 0 unspecified atom stereocenters. The second kappa shape index (κ2) is 7.45. The third-order valence-electron chi connectivity index (χ3n) is 4.18. The van der Waals surface area contributed by atoms with Gasteiger partial charge in [0.05, 0.1) is 16.9 Å². The molecule has 0 aliphatic heterocycles. The average molecular weight is 436 g/mol. The second-order valence-corrected chi connectivity index (χ2v) is 6.25. The van der Waals surface area contributed by atoms with Crippen LogP contribution in [0.15, 0.2) is 54.9 Å². The number of pyridine rings is 3. The van der Waals surface area contributed by atoms with Crippen LogP contribution in [-0.2, 0) is 12.4 Å². The number of alkyl halides is 6. The van der Waals surface area contributed by atoms with Gasteiger partial charge in [-0.25, -0.2) is 9.97 Å². The summed E-state index contributed by atoms with van der Waals surface area (Å²) in [4.78, 5) is 12.0. The average Bonchev–Trinajstić information content (AvgIpc) is 2.73. The Morgan fingerprint density at radius 3 is 2.23 bits per heavy atom. The minimum Gasteiger partial charge on any atom is -0.338 e. The van der Waals surface area contributed by atoms with Crippen LogP contribution in [0.2, 0.25) is 0 Å². The molecule has 1 N–H and O–H groups in total. The fourth-order valence-electron chi connectivity index (χ4n) is 2.80. The predicted molar refractivity (Wildman–Crippen MR) is 98.1 cm³/mol. The lowest BCUT2D eigenvalue weighted by molar-refractivity contribution is -0.141. The molecule has 0 fully saturated rings. The van der Waals surface area contributed by atoms with Crippen molar-refractivity contribution in [3.8, 4) is 11.4 Å². The highest BCUT2D eigenvalue weighted by atomic mass is 19.4. The van der Waals surface area contributed by atoms with Crippen molar-refractivity contribution in [3.05, 3.63) is 66.1 Å². The summed E-state index contributed by atoms with van der Waals surface area (Å²) in [5.74, 6) is 0.0358. The van der Waals surface area contributed by atoms with Gasteiger partial charge in [0.15, 0.2) is 17.2 Å². The molecule has 0 saturated carbocycles. The summed E-state index contributed by atoms with van der Waals surface area (Å²) in [7, 11) is 0. The summed E-state index contributed by atoms with van der Waals surface area (Å²) in [6.45, 7) is 0. The largest absolute Gasteiger partial charge is 0.435 e. The summed E-state index contributed by atoms with van der Waals surface area (Å²) < 4.78 is 77.7. The molecule has 0 aliphatic rings. The molecule has 0 aliphatic carbocycles. The summed E-state index contributed by atoms with van der Waals surface area (Å²) in [6.07, 6.45) is -6.65. The van der Waals surface area contributed by atoms with Gasteiger partial charge in [0, 0.05) is 17.8 Å². The molecule has 4 aromatic heterocycles. The molecule has 4 rings (SSSR count). The number of halogens is 6. The summed E-state index contributed by atoms with van der Waals surface area (Å²) in [5, 5.41) is 9.84. The molecular formula is C19H10F6N6. The van der Waals surface area contributed by atoms with Gasteiger partial charge >= 0.3 is 12.4 Å². The topological polar surface area (TPSA) is 76.5 Å². The van der Waals surface area contributed by atoms with Crippen LogP contribution < -0.4 is 5.32 Å². The highest BCUT2D eigenvalue weighted by Gasteiger charge is 2.35. The van der Waals surface area contributed by atoms with Crippen molar-refractivity contribution in [2.45, 2.75) is 12.4 Å². The molecule has 4 heterocycles. The smallest absolute Gasteiger partial charge is 0.338 e. The minimum absolute atomic E-state index is 0.0283. The first-order valence-electron chi connectivity index (χ1n) is 8.59. The molecule has 158 valence electrons. The molecular weight excluding hydrogens is 426 g/mol.